The molecule has 0 aliphatic carbocycles. The van der Waals surface area contributed by atoms with Crippen LogP contribution in [-0.2, 0) is 10.0 Å². The molecular weight excluding hydrogens is 442 g/mol. The fraction of sp³-hybridized carbons (Fsp3) is 0.0357. The van der Waals surface area contributed by atoms with Crippen LogP contribution in [0.2, 0.25) is 0 Å². The molecule has 2 N–H and O–H groups in total. The second-order valence-electron chi connectivity index (χ2n) is 8.10. The zero-order chi connectivity index (χ0) is 23.5. The maximum absolute atomic E-state index is 11.7. The van der Waals surface area contributed by atoms with Gasteiger partial charge in [0.25, 0.3) is 0 Å². The lowest BCUT2D eigenvalue weighted by Gasteiger charge is -2.10. The average molecular weight is 466 g/mol. The molecule has 1 heterocycles. The minimum absolute atomic E-state index is 0.544. The first-order valence-corrected chi connectivity index (χ1v) is 12.7. The molecule has 6 heteroatoms. The molecule has 34 heavy (non-hydrogen) atoms. The monoisotopic (exact) mass is 465 g/mol. The normalized spacial score (nSPS) is 11.8. The van der Waals surface area contributed by atoms with Crippen molar-refractivity contribution in [2.24, 2.45) is 0 Å². The molecule has 0 aliphatic heterocycles. The van der Waals surface area contributed by atoms with Crippen LogP contribution in [0.4, 0.5) is 5.69 Å². The molecule has 0 fully saturated rings. The van der Waals surface area contributed by atoms with E-state index in [0.717, 1.165) is 39.8 Å². The summed E-state index contributed by atoms with van der Waals surface area (Å²) < 4.78 is 26.1. The summed E-state index contributed by atoms with van der Waals surface area (Å²) in [5.41, 5.74) is 7.43. The molecule has 5 nitrogen and oxygen atoms in total. The van der Waals surface area contributed by atoms with Gasteiger partial charge in [0.2, 0.25) is 10.0 Å². The van der Waals surface area contributed by atoms with Gasteiger partial charge < -0.3 is 4.98 Å². The molecule has 1 aromatic heterocycles. The summed E-state index contributed by atoms with van der Waals surface area (Å²) in [6, 6.07) is 31.9. The van der Waals surface area contributed by atoms with Crippen molar-refractivity contribution >= 4 is 38.9 Å². The topological polar surface area (TPSA) is 74.8 Å². The van der Waals surface area contributed by atoms with Crippen molar-refractivity contribution in [1.82, 2.24) is 9.97 Å². The molecule has 4 aromatic carbocycles. The number of benzene rings is 4. The largest absolute Gasteiger partial charge is 0.338 e. The molecule has 0 atom stereocenters. The van der Waals surface area contributed by atoms with Gasteiger partial charge in [-0.05, 0) is 46.5 Å². The summed E-state index contributed by atoms with van der Waals surface area (Å²) in [5, 5.41) is 0. The number of rotatable bonds is 6. The standard InChI is InChI=1S/C28H23N3O2S/c1-34(32,33)31-25-10-6-5-9-24(25)23-16-17-26-27(19-23)30-28(29-26)18-13-20-11-14-22(15-12-20)21-7-3-2-4-8-21/h2-19,31H,1H3,(H,29,30). The van der Waals surface area contributed by atoms with E-state index in [1.165, 1.54) is 11.1 Å². The van der Waals surface area contributed by atoms with Crippen molar-refractivity contribution in [2.75, 3.05) is 11.0 Å². The maximum Gasteiger partial charge on any atom is 0.229 e. The van der Waals surface area contributed by atoms with Gasteiger partial charge in [0.05, 0.1) is 23.0 Å². The maximum atomic E-state index is 11.7. The molecule has 0 saturated carbocycles. The minimum atomic E-state index is -3.38. The Labute approximate surface area is 198 Å². The summed E-state index contributed by atoms with van der Waals surface area (Å²) in [5.74, 6) is 0.752. The van der Waals surface area contributed by atoms with E-state index in [1.54, 1.807) is 12.1 Å². The number of nitrogens with zero attached hydrogens (tertiary/aromatic N) is 1. The van der Waals surface area contributed by atoms with Crippen LogP contribution in [0.25, 0.3) is 45.4 Å². The van der Waals surface area contributed by atoms with Crippen molar-refractivity contribution in [3.05, 3.63) is 108 Å². The molecule has 168 valence electrons. The van der Waals surface area contributed by atoms with Crippen LogP contribution < -0.4 is 4.72 Å². The van der Waals surface area contributed by atoms with Gasteiger partial charge in [0, 0.05) is 5.56 Å². The third kappa shape index (κ3) is 4.92. The quantitative estimate of drug-likeness (QED) is 0.303. The fourth-order valence-electron chi connectivity index (χ4n) is 3.89. The molecule has 0 bridgehead atoms. The van der Waals surface area contributed by atoms with Crippen molar-refractivity contribution in [3.8, 4) is 22.3 Å². The first-order chi connectivity index (χ1) is 16.4. The number of aromatic amines is 1. The number of aromatic nitrogens is 2. The average Bonchev–Trinajstić information content (AvgIpc) is 3.25. The van der Waals surface area contributed by atoms with Gasteiger partial charge in [-0.1, -0.05) is 84.9 Å². The lowest BCUT2D eigenvalue weighted by Crippen LogP contribution is -2.10. The number of anilines is 1. The first kappa shape index (κ1) is 21.7. The van der Waals surface area contributed by atoms with Crippen LogP contribution in [0.1, 0.15) is 11.4 Å². The Kier molecular flexibility index (Phi) is 5.74. The lowest BCUT2D eigenvalue weighted by molar-refractivity contribution is 0.607. The van der Waals surface area contributed by atoms with E-state index in [2.05, 4.69) is 51.1 Å². The number of imidazole rings is 1. The second-order valence-corrected chi connectivity index (χ2v) is 9.84. The summed E-state index contributed by atoms with van der Waals surface area (Å²) in [7, 11) is -3.38. The van der Waals surface area contributed by atoms with Crippen LogP contribution in [-0.4, -0.2) is 24.6 Å². The van der Waals surface area contributed by atoms with Crippen molar-refractivity contribution < 1.29 is 8.42 Å². The fourth-order valence-corrected chi connectivity index (χ4v) is 4.47. The highest BCUT2D eigenvalue weighted by Crippen LogP contribution is 2.30. The number of hydrogen-bond acceptors (Lipinski definition) is 3. The molecule has 0 saturated heterocycles. The van der Waals surface area contributed by atoms with Crippen molar-refractivity contribution in [1.29, 1.82) is 0 Å². The smallest absolute Gasteiger partial charge is 0.229 e. The van der Waals surface area contributed by atoms with Gasteiger partial charge in [-0.15, -0.1) is 0 Å². The number of fused-ring (bicyclic) bond motifs is 1. The molecule has 0 radical (unpaired) electrons. The minimum Gasteiger partial charge on any atom is -0.338 e. The number of hydrogen-bond donors (Lipinski definition) is 2. The Morgan fingerprint density at radius 3 is 2.21 bits per heavy atom. The Bertz CT molecular complexity index is 1590. The highest BCUT2D eigenvalue weighted by Gasteiger charge is 2.10. The van der Waals surface area contributed by atoms with Crippen LogP contribution >= 0.6 is 0 Å². The summed E-state index contributed by atoms with van der Waals surface area (Å²) in [4.78, 5) is 8.00. The Morgan fingerprint density at radius 2 is 1.44 bits per heavy atom. The Hall–Kier alpha value is -4.16. The number of para-hydroxylation sites is 1. The van der Waals surface area contributed by atoms with Crippen LogP contribution in [0.5, 0.6) is 0 Å². The van der Waals surface area contributed by atoms with Crippen LogP contribution in [0, 0.1) is 0 Å². The predicted molar refractivity (Wildman–Crippen MR) is 141 cm³/mol. The molecule has 5 aromatic rings. The van der Waals surface area contributed by atoms with Crippen molar-refractivity contribution in [3.63, 3.8) is 0 Å². The van der Waals surface area contributed by atoms with Gasteiger partial charge in [0.15, 0.2) is 0 Å². The van der Waals surface area contributed by atoms with Gasteiger partial charge in [0.1, 0.15) is 5.82 Å². The molecule has 0 aliphatic rings. The molecule has 0 spiro atoms. The summed E-state index contributed by atoms with van der Waals surface area (Å²) in [6.07, 6.45) is 5.13. The molecule has 0 amide bonds. The van der Waals surface area contributed by atoms with Crippen LogP contribution in [0.3, 0.4) is 0 Å². The summed E-state index contributed by atoms with van der Waals surface area (Å²) >= 11 is 0. The number of H-pyrrole nitrogens is 1. The SMILES string of the molecule is CS(=O)(=O)Nc1ccccc1-c1ccc2nc(C=Cc3ccc(-c4ccccc4)cc3)[nH]c2c1. The van der Waals surface area contributed by atoms with E-state index in [4.69, 9.17) is 0 Å². The number of nitrogens with one attached hydrogen (secondary N) is 2. The zero-order valence-electron chi connectivity index (χ0n) is 18.6. The van der Waals surface area contributed by atoms with E-state index >= 15 is 0 Å². The van der Waals surface area contributed by atoms with Gasteiger partial charge >= 0.3 is 0 Å². The highest BCUT2D eigenvalue weighted by molar-refractivity contribution is 7.92. The predicted octanol–water partition coefficient (Wildman–Crippen LogP) is 6.44. The summed E-state index contributed by atoms with van der Waals surface area (Å²) in [6.45, 7) is 0. The lowest BCUT2D eigenvalue weighted by atomic mass is 10.0. The Morgan fingerprint density at radius 1 is 0.765 bits per heavy atom. The van der Waals surface area contributed by atoms with E-state index in [0.29, 0.717) is 5.69 Å². The van der Waals surface area contributed by atoms with Gasteiger partial charge in [-0.3, -0.25) is 4.72 Å². The first-order valence-electron chi connectivity index (χ1n) is 10.9. The van der Waals surface area contributed by atoms with Gasteiger partial charge in [-0.25, -0.2) is 13.4 Å². The molecule has 5 rings (SSSR count). The van der Waals surface area contributed by atoms with E-state index in [9.17, 15) is 8.42 Å². The Balaban J connectivity index is 1.39. The highest BCUT2D eigenvalue weighted by atomic mass is 32.2. The third-order valence-electron chi connectivity index (χ3n) is 5.49. The third-order valence-corrected chi connectivity index (χ3v) is 6.08. The second kappa shape index (κ2) is 9.00. The van der Waals surface area contributed by atoms with Crippen LogP contribution in [0.15, 0.2) is 97.1 Å². The molecular formula is C28H23N3O2S. The van der Waals surface area contributed by atoms with Gasteiger partial charge in [-0.2, -0.15) is 0 Å². The van der Waals surface area contributed by atoms with E-state index in [-0.39, 0.29) is 0 Å². The zero-order valence-corrected chi connectivity index (χ0v) is 19.4. The van der Waals surface area contributed by atoms with E-state index in [1.807, 2.05) is 60.7 Å². The molecule has 0 unspecified atom stereocenters. The van der Waals surface area contributed by atoms with E-state index < -0.39 is 10.0 Å². The van der Waals surface area contributed by atoms with Crippen molar-refractivity contribution in [2.45, 2.75) is 0 Å². The number of sulfonamides is 1.